The molecule has 0 fully saturated rings. The van der Waals surface area contributed by atoms with Gasteiger partial charge in [-0.05, 0) is 59.9 Å². The van der Waals surface area contributed by atoms with Crippen LogP contribution in [-0.2, 0) is 6.18 Å². The molecule has 9 heteroatoms. The van der Waals surface area contributed by atoms with Crippen molar-refractivity contribution < 1.29 is 13.2 Å². The number of aromatic nitrogens is 3. The number of alkyl halides is 3. The maximum atomic E-state index is 13.6. The van der Waals surface area contributed by atoms with Crippen LogP contribution in [0.1, 0.15) is 49.6 Å². The topological polar surface area (TPSA) is 78.0 Å². The van der Waals surface area contributed by atoms with Gasteiger partial charge in [0.25, 0.3) is 0 Å². The van der Waals surface area contributed by atoms with E-state index in [9.17, 15) is 13.2 Å². The van der Waals surface area contributed by atoms with E-state index in [1.807, 2.05) is 50.3 Å². The van der Waals surface area contributed by atoms with Crippen LogP contribution in [0.15, 0.2) is 76.5 Å². The van der Waals surface area contributed by atoms with Gasteiger partial charge < -0.3 is 10.7 Å². The summed E-state index contributed by atoms with van der Waals surface area (Å²) < 4.78 is 40.9. The molecule has 3 aliphatic rings. The summed E-state index contributed by atoms with van der Waals surface area (Å²) in [6.07, 6.45) is 9.74. The normalized spacial score (nSPS) is 24.1. The summed E-state index contributed by atoms with van der Waals surface area (Å²) in [5, 5.41) is 13.9. The van der Waals surface area contributed by atoms with Crippen molar-refractivity contribution in [3.8, 4) is 0 Å². The van der Waals surface area contributed by atoms with Gasteiger partial charge in [-0.3, -0.25) is 10.1 Å². The quantitative estimate of drug-likeness (QED) is 0.575. The van der Waals surface area contributed by atoms with Crippen molar-refractivity contribution >= 4 is 11.8 Å². The number of fused-ring (bicyclic) bond motifs is 2. The van der Waals surface area contributed by atoms with Crippen LogP contribution in [0.4, 0.5) is 13.2 Å². The first-order valence-corrected chi connectivity index (χ1v) is 11.3. The zero-order valence-corrected chi connectivity index (χ0v) is 18.8. The number of pyridine rings is 1. The Morgan fingerprint density at radius 1 is 1.15 bits per heavy atom. The van der Waals surface area contributed by atoms with Crippen LogP contribution in [0.25, 0.3) is 6.08 Å². The molecule has 0 saturated carbocycles. The smallest absolute Gasteiger partial charge is 0.374 e. The number of halogens is 3. The van der Waals surface area contributed by atoms with Gasteiger partial charge >= 0.3 is 6.18 Å². The molecule has 0 radical (unpaired) electrons. The molecule has 0 spiro atoms. The van der Waals surface area contributed by atoms with Crippen LogP contribution in [-0.4, -0.2) is 26.9 Å². The fraction of sp³-hybridized carbons (Fsp3) is 0.320. The minimum Gasteiger partial charge on any atom is -0.374 e. The summed E-state index contributed by atoms with van der Waals surface area (Å²) in [5.74, 6) is -0.0372. The van der Waals surface area contributed by atoms with E-state index in [2.05, 4.69) is 31.0 Å². The Morgan fingerprint density at radius 2 is 1.94 bits per heavy atom. The number of hydrazone groups is 1. The standard InChI is InChI=1S/C25H25F3N6/c1-3-4-16-14(2)21-18(31-23(16)17-13-30-34-24(17)25(26,27)28)7-8-20-22(21)19(32-33-20)6-5-15-9-11-29-12-10-15/h5-13,20,22-23,31,33H,3-4H2,1-2H3,(H,30,34)/b6-5+. The summed E-state index contributed by atoms with van der Waals surface area (Å²) in [4.78, 5) is 4.05. The molecule has 0 aromatic carbocycles. The van der Waals surface area contributed by atoms with E-state index in [4.69, 9.17) is 0 Å². The van der Waals surface area contributed by atoms with Crippen molar-refractivity contribution in [2.45, 2.75) is 44.9 Å². The van der Waals surface area contributed by atoms with Crippen LogP contribution < -0.4 is 10.7 Å². The number of nitrogens with one attached hydrogen (secondary N) is 3. The molecule has 176 valence electrons. The number of hydrogen-bond donors (Lipinski definition) is 3. The number of aromatic amines is 1. The van der Waals surface area contributed by atoms with Crippen LogP contribution in [0.2, 0.25) is 0 Å². The van der Waals surface area contributed by atoms with Gasteiger partial charge in [-0.2, -0.15) is 23.4 Å². The average molecular weight is 467 g/mol. The highest BCUT2D eigenvalue weighted by Gasteiger charge is 2.43. The van der Waals surface area contributed by atoms with Gasteiger partial charge in [0.05, 0.1) is 23.7 Å². The maximum Gasteiger partial charge on any atom is 0.435 e. The van der Waals surface area contributed by atoms with Crippen molar-refractivity contribution in [3.05, 3.63) is 88.2 Å². The Hall–Kier alpha value is -3.62. The minimum atomic E-state index is -4.53. The predicted molar refractivity (Wildman–Crippen MR) is 124 cm³/mol. The minimum absolute atomic E-state index is 0.00771. The van der Waals surface area contributed by atoms with Gasteiger partial charge in [0.1, 0.15) is 0 Å². The second-order valence-corrected chi connectivity index (χ2v) is 8.63. The number of nitrogens with zero attached hydrogens (tertiary/aromatic N) is 3. The average Bonchev–Trinajstić information content (AvgIpc) is 3.47. The van der Waals surface area contributed by atoms with Crippen molar-refractivity contribution in [3.63, 3.8) is 0 Å². The molecule has 2 aromatic heterocycles. The molecule has 0 saturated heterocycles. The molecular weight excluding hydrogens is 441 g/mol. The molecule has 2 aromatic rings. The number of H-pyrrole nitrogens is 1. The zero-order valence-electron chi connectivity index (χ0n) is 18.8. The van der Waals surface area contributed by atoms with Crippen molar-refractivity contribution in [1.29, 1.82) is 0 Å². The van der Waals surface area contributed by atoms with E-state index in [1.165, 1.54) is 6.20 Å². The van der Waals surface area contributed by atoms with E-state index in [0.717, 1.165) is 40.1 Å². The lowest BCUT2D eigenvalue weighted by atomic mass is 9.74. The molecule has 4 heterocycles. The third kappa shape index (κ3) is 3.85. The summed E-state index contributed by atoms with van der Waals surface area (Å²) in [6, 6.07) is 3.23. The van der Waals surface area contributed by atoms with E-state index >= 15 is 0 Å². The molecule has 1 aliphatic carbocycles. The molecule has 2 aliphatic heterocycles. The van der Waals surface area contributed by atoms with Gasteiger partial charge in [0.15, 0.2) is 5.69 Å². The van der Waals surface area contributed by atoms with Gasteiger partial charge in [-0.25, -0.2) is 0 Å². The Bertz CT molecular complexity index is 1230. The number of rotatable bonds is 5. The van der Waals surface area contributed by atoms with Crippen molar-refractivity contribution in [1.82, 2.24) is 25.9 Å². The molecule has 3 N–H and O–H groups in total. The van der Waals surface area contributed by atoms with Crippen molar-refractivity contribution in [2.75, 3.05) is 0 Å². The molecule has 6 nitrogen and oxygen atoms in total. The SMILES string of the molecule is CCCC1=C(C)C2=C(C=CC3NN=C(/C=C/c4ccncc4)C23)NC1c1c[nH]nc1C(F)(F)F. The van der Waals surface area contributed by atoms with Gasteiger partial charge in [-0.1, -0.05) is 25.5 Å². The Labute approximate surface area is 195 Å². The lowest BCUT2D eigenvalue weighted by Gasteiger charge is -2.37. The summed E-state index contributed by atoms with van der Waals surface area (Å²) >= 11 is 0. The lowest BCUT2D eigenvalue weighted by molar-refractivity contribution is -0.142. The molecule has 34 heavy (non-hydrogen) atoms. The first kappa shape index (κ1) is 22.2. The summed E-state index contributed by atoms with van der Waals surface area (Å²) in [5.41, 5.74) is 8.21. The lowest BCUT2D eigenvalue weighted by Crippen LogP contribution is -2.38. The van der Waals surface area contributed by atoms with E-state index in [1.54, 1.807) is 12.4 Å². The molecule has 0 bridgehead atoms. The first-order chi connectivity index (χ1) is 16.4. The van der Waals surface area contributed by atoms with Crippen LogP contribution in [0, 0.1) is 5.92 Å². The number of allylic oxidation sites excluding steroid dienone is 3. The van der Waals surface area contributed by atoms with Crippen LogP contribution in [0.5, 0.6) is 0 Å². The monoisotopic (exact) mass is 466 g/mol. The third-order valence-electron chi connectivity index (χ3n) is 6.55. The van der Waals surface area contributed by atoms with Gasteiger partial charge in [0, 0.05) is 29.9 Å². The second-order valence-electron chi connectivity index (χ2n) is 8.63. The third-order valence-corrected chi connectivity index (χ3v) is 6.55. The second kappa shape index (κ2) is 8.62. The summed E-state index contributed by atoms with van der Waals surface area (Å²) in [6.45, 7) is 4.05. The van der Waals surface area contributed by atoms with E-state index in [0.29, 0.717) is 6.42 Å². The largest absolute Gasteiger partial charge is 0.435 e. The maximum absolute atomic E-state index is 13.6. The van der Waals surface area contributed by atoms with E-state index < -0.39 is 17.9 Å². The van der Waals surface area contributed by atoms with Crippen LogP contribution >= 0.6 is 0 Å². The van der Waals surface area contributed by atoms with Gasteiger partial charge in [-0.15, -0.1) is 0 Å². The first-order valence-electron chi connectivity index (χ1n) is 11.3. The Morgan fingerprint density at radius 3 is 2.68 bits per heavy atom. The van der Waals surface area contributed by atoms with Gasteiger partial charge in [0.2, 0.25) is 0 Å². The Kier molecular flexibility index (Phi) is 5.63. The number of dihydropyridines is 1. The molecular formula is C25H25F3N6. The fourth-order valence-electron chi connectivity index (χ4n) is 5.02. The highest BCUT2D eigenvalue weighted by molar-refractivity contribution is 6.04. The predicted octanol–water partition coefficient (Wildman–Crippen LogP) is 5.07. The van der Waals surface area contributed by atoms with Crippen LogP contribution in [0.3, 0.4) is 0 Å². The molecule has 3 unspecified atom stereocenters. The molecule has 0 amide bonds. The highest BCUT2D eigenvalue weighted by Crippen LogP contribution is 2.45. The highest BCUT2D eigenvalue weighted by atomic mass is 19.4. The van der Waals surface area contributed by atoms with Crippen molar-refractivity contribution in [2.24, 2.45) is 11.0 Å². The number of hydrogen-bond acceptors (Lipinski definition) is 5. The molecule has 3 atom stereocenters. The Balaban J connectivity index is 1.54. The molecule has 5 rings (SSSR count). The fourth-order valence-corrected chi connectivity index (χ4v) is 5.02. The zero-order chi connectivity index (χ0) is 23.9. The van der Waals surface area contributed by atoms with E-state index in [-0.39, 0.29) is 17.5 Å². The summed E-state index contributed by atoms with van der Waals surface area (Å²) in [7, 11) is 0.